The first-order valence-electron chi connectivity index (χ1n) is 6.43. The van der Waals surface area contributed by atoms with Gasteiger partial charge in [0.15, 0.2) is 5.69 Å². The normalized spacial score (nSPS) is 12.1. The molecule has 7 heteroatoms. The lowest BCUT2D eigenvalue weighted by atomic mass is 10.1. The Morgan fingerprint density at radius 1 is 1.29 bits per heavy atom. The van der Waals surface area contributed by atoms with Crippen LogP contribution in [0, 0.1) is 0 Å². The van der Waals surface area contributed by atoms with Gasteiger partial charge in [-0.1, -0.05) is 31.5 Å². The van der Waals surface area contributed by atoms with E-state index in [1.165, 1.54) is 10.9 Å². The molecule has 0 radical (unpaired) electrons. The third-order valence-corrected chi connectivity index (χ3v) is 3.26. The molecule has 21 heavy (non-hydrogen) atoms. The molecule has 0 aliphatic heterocycles. The molecule has 0 saturated heterocycles. The summed E-state index contributed by atoms with van der Waals surface area (Å²) in [4.78, 5) is 0. The van der Waals surface area contributed by atoms with Gasteiger partial charge in [-0.25, -0.2) is 4.68 Å². The zero-order valence-electron chi connectivity index (χ0n) is 11.6. The smallest absolute Gasteiger partial charge is 0.310 e. The van der Waals surface area contributed by atoms with Crippen LogP contribution < -0.4 is 5.32 Å². The number of halogens is 4. The summed E-state index contributed by atoms with van der Waals surface area (Å²) < 4.78 is 39.1. The Balaban J connectivity index is 2.39. The van der Waals surface area contributed by atoms with E-state index in [2.05, 4.69) is 10.4 Å². The highest BCUT2D eigenvalue weighted by atomic mass is 35.5. The number of aromatic nitrogens is 2. The Morgan fingerprint density at radius 3 is 2.57 bits per heavy atom. The molecule has 0 aliphatic rings. The minimum Gasteiger partial charge on any atom is -0.310 e. The highest BCUT2D eigenvalue weighted by molar-refractivity contribution is 6.31. The van der Waals surface area contributed by atoms with Crippen LogP contribution in [0.5, 0.6) is 0 Å². The number of alkyl halides is 3. The quantitative estimate of drug-likeness (QED) is 0.922. The fraction of sp³-hybridized carbons (Fsp3) is 0.357. The van der Waals surface area contributed by atoms with E-state index in [4.69, 9.17) is 11.6 Å². The van der Waals surface area contributed by atoms with Gasteiger partial charge in [-0.2, -0.15) is 18.3 Å². The van der Waals surface area contributed by atoms with Crippen molar-refractivity contribution < 1.29 is 13.2 Å². The molecule has 0 aliphatic carbocycles. The standard InChI is InChI=1S/C14H15ClF3N3/c1-9(2)19-8-10-11(15)4-3-5-12(10)21-7-6-13(20-21)14(16,17)18/h3-7,9,19H,8H2,1-2H3. The number of hydrogen-bond donors (Lipinski definition) is 1. The van der Waals surface area contributed by atoms with Gasteiger partial charge in [-0.05, 0) is 18.2 Å². The first-order valence-corrected chi connectivity index (χ1v) is 6.81. The number of hydrogen-bond acceptors (Lipinski definition) is 2. The van der Waals surface area contributed by atoms with E-state index in [1.54, 1.807) is 18.2 Å². The van der Waals surface area contributed by atoms with Crippen LogP contribution in [0.15, 0.2) is 30.5 Å². The van der Waals surface area contributed by atoms with Crippen LogP contribution in [0.25, 0.3) is 5.69 Å². The van der Waals surface area contributed by atoms with Crippen LogP contribution in [0.4, 0.5) is 13.2 Å². The first kappa shape index (κ1) is 15.9. The predicted molar refractivity (Wildman–Crippen MR) is 75.6 cm³/mol. The van der Waals surface area contributed by atoms with Gasteiger partial charge in [0.2, 0.25) is 0 Å². The average molecular weight is 318 g/mol. The topological polar surface area (TPSA) is 29.9 Å². The lowest BCUT2D eigenvalue weighted by molar-refractivity contribution is -0.141. The molecule has 1 N–H and O–H groups in total. The van der Waals surface area contributed by atoms with Gasteiger partial charge in [-0.3, -0.25) is 0 Å². The summed E-state index contributed by atoms with van der Waals surface area (Å²) in [6.07, 6.45) is -3.17. The van der Waals surface area contributed by atoms with Crippen molar-refractivity contribution in [3.8, 4) is 5.69 Å². The van der Waals surface area contributed by atoms with Crippen LogP contribution in [0.2, 0.25) is 5.02 Å². The third-order valence-electron chi connectivity index (χ3n) is 2.91. The van der Waals surface area contributed by atoms with Gasteiger partial charge >= 0.3 is 6.18 Å². The third kappa shape index (κ3) is 3.77. The molecule has 0 fully saturated rings. The zero-order chi connectivity index (χ0) is 15.6. The van der Waals surface area contributed by atoms with Gasteiger partial charge in [-0.15, -0.1) is 0 Å². The summed E-state index contributed by atoms with van der Waals surface area (Å²) in [6, 6.07) is 6.26. The number of nitrogens with one attached hydrogen (secondary N) is 1. The molecular formula is C14H15ClF3N3. The highest BCUT2D eigenvalue weighted by Crippen LogP contribution is 2.29. The first-order chi connectivity index (χ1) is 9.79. The van der Waals surface area contributed by atoms with E-state index >= 15 is 0 Å². The summed E-state index contributed by atoms with van der Waals surface area (Å²) in [6.45, 7) is 4.41. The second kappa shape index (κ2) is 6.07. The van der Waals surface area contributed by atoms with E-state index in [-0.39, 0.29) is 6.04 Å². The van der Waals surface area contributed by atoms with E-state index in [0.29, 0.717) is 22.8 Å². The SMILES string of the molecule is CC(C)NCc1c(Cl)cccc1-n1ccc(C(F)(F)F)n1. The molecule has 0 spiro atoms. The summed E-state index contributed by atoms with van der Waals surface area (Å²) in [5, 5.41) is 7.28. The maximum absolute atomic E-state index is 12.6. The van der Waals surface area contributed by atoms with Crippen molar-refractivity contribution >= 4 is 11.6 Å². The predicted octanol–water partition coefficient (Wildman–Crippen LogP) is 4.04. The Bertz CT molecular complexity index is 620. The average Bonchev–Trinajstić information content (AvgIpc) is 2.86. The molecule has 1 aromatic heterocycles. The Hall–Kier alpha value is -1.53. The van der Waals surface area contributed by atoms with E-state index < -0.39 is 11.9 Å². The Labute approximate surface area is 125 Å². The number of nitrogens with zero attached hydrogens (tertiary/aromatic N) is 2. The second-order valence-electron chi connectivity index (χ2n) is 4.92. The largest absolute Gasteiger partial charge is 0.435 e. The molecule has 2 rings (SSSR count). The van der Waals surface area contributed by atoms with Gasteiger partial charge in [0.25, 0.3) is 0 Å². The number of benzene rings is 1. The van der Waals surface area contributed by atoms with E-state index in [0.717, 1.165) is 6.07 Å². The second-order valence-corrected chi connectivity index (χ2v) is 5.32. The lowest BCUT2D eigenvalue weighted by Crippen LogP contribution is -2.23. The van der Waals surface area contributed by atoms with Crippen LogP contribution in [0.1, 0.15) is 25.1 Å². The Kier molecular flexibility index (Phi) is 4.58. The van der Waals surface area contributed by atoms with Crippen molar-refractivity contribution in [2.24, 2.45) is 0 Å². The van der Waals surface area contributed by atoms with E-state index in [1.807, 2.05) is 13.8 Å². The van der Waals surface area contributed by atoms with Gasteiger partial charge in [0.1, 0.15) is 0 Å². The summed E-state index contributed by atoms with van der Waals surface area (Å²) in [5.74, 6) is 0. The molecule has 0 bridgehead atoms. The molecule has 0 amide bonds. The molecule has 0 unspecified atom stereocenters. The molecular weight excluding hydrogens is 303 g/mol. The fourth-order valence-corrected chi connectivity index (χ4v) is 2.09. The lowest BCUT2D eigenvalue weighted by Gasteiger charge is -2.14. The minimum absolute atomic E-state index is 0.234. The van der Waals surface area contributed by atoms with Crippen LogP contribution in [-0.4, -0.2) is 15.8 Å². The van der Waals surface area contributed by atoms with Crippen LogP contribution in [0.3, 0.4) is 0 Å². The number of rotatable bonds is 4. The van der Waals surface area contributed by atoms with Crippen molar-refractivity contribution in [2.75, 3.05) is 0 Å². The maximum Gasteiger partial charge on any atom is 0.435 e. The monoisotopic (exact) mass is 317 g/mol. The maximum atomic E-state index is 12.6. The molecule has 1 heterocycles. The van der Waals surface area contributed by atoms with Gasteiger partial charge < -0.3 is 5.32 Å². The molecule has 3 nitrogen and oxygen atoms in total. The molecule has 2 aromatic rings. The van der Waals surface area contributed by atoms with Crippen LogP contribution in [-0.2, 0) is 12.7 Å². The molecule has 0 atom stereocenters. The van der Waals surface area contributed by atoms with E-state index in [9.17, 15) is 13.2 Å². The summed E-state index contributed by atoms with van der Waals surface area (Å²) in [5.41, 5.74) is 0.320. The molecule has 114 valence electrons. The van der Waals surface area contributed by atoms with Crippen molar-refractivity contribution in [3.63, 3.8) is 0 Å². The van der Waals surface area contributed by atoms with Gasteiger partial charge in [0, 0.05) is 29.4 Å². The van der Waals surface area contributed by atoms with Crippen molar-refractivity contribution in [1.29, 1.82) is 0 Å². The van der Waals surface area contributed by atoms with Crippen molar-refractivity contribution in [3.05, 3.63) is 46.7 Å². The molecule has 1 aromatic carbocycles. The van der Waals surface area contributed by atoms with Crippen LogP contribution >= 0.6 is 11.6 Å². The molecule has 0 saturated carbocycles. The summed E-state index contributed by atoms with van der Waals surface area (Å²) in [7, 11) is 0. The highest BCUT2D eigenvalue weighted by Gasteiger charge is 2.33. The minimum atomic E-state index is -4.46. The van der Waals surface area contributed by atoms with Gasteiger partial charge in [0.05, 0.1) is 5.69 Å². The van der Waals surface area contributed by atoms with Crippen molar-refractivity contribution in [2.45, 2.75) is 32.6 Å². The van der Waals surface area contributed by atoms with Crippen molar-refractivity contribution in [1.82, 2.24) is 15.1 Å². The zero-order valence-corrected chi connectivity index (χ0v) is 12.3. The Morgan fingerprint density at radius 2 is 2.00 bits per heavy atom. The fourth-order valence-electron chi connectivity index (χ4n) is 1.85. The summed E-state index contributed by atoms with van der Waals surface area (Å²) >= 11 is 6.16.